The molecule has 2 unspecified atom stereocenters. The zero-order chi connectivity index (χ0) is 17.4. The Hall–Kier alpha value is -1.88. The Kier molecular flexibility index (Phi) is 4.50. The molecule has 2 aromatic rings. The Balaban J connectivity index is 1.57. The fourth-order valence-electron chi connectivity index (χ4n) is 4.72. The molecule has 0 aliphatic carbocycles. The maximum atomic E-state index is 13.2. The molecule has 5 heteroatoms. The third kappa shape index (κ3) is 2.95. The number of aromatic nitrogens is 2. The summed E-state index contributed by atoms with van der Waals surface area (Å²) >= 11 is 0. The number of aryl methyl sites for hydroxylation is 1. The fraction of sp³-hybridized carbons (Fsp3) is 0.600. The van der Waals surface area contributed by atoms with Crippen molar-refractivity contribution in [2.24, 2.45) is 0 Å². The predicted octanol–water partition coefficient (Wildman–Crippen LogP) is 2.68. The summed E-state index contributed by atoms with van der Waals surface area (Å²) in [5.41, 5.74) is 2.06. The lowest BCUT2D eigenvalue weighted by Crippen LogP contribution is -2.48. The lowest BCUT2D eigenvalue weighted by molar-refractivity contribution is -0.133. The summed E-state index contributed by atoms with van der Waals surface area (Å²) < 4.78 is 2.12. The number of fused-ring (bicyclic) bond motifs is 1. The van der Waals surface area contributed by atoms with Crippen LogP contribution in [0.15, 0.2) is 24.3 Å². The van der Waals surface area contributed by atoms with Crippen molar-refractivity contribution in [1.82, 2.24) is 19.4 Å². The molecule has 4 rings (SSSR count). The number of imidazole rings is 1. The molecule has 2 aliphatic heterocycles. The van der Waals surface area contributed by atoms with E-state index in [4.69, 9.17) is 4.98 Å². The number of nitrogens with zero attached hydrogens (tertiary/aromatic N) is 4. The van der Waals surface area contributed by atoms with Crippen LogP contribution in [0.25, 0.3) is 11.0 Å². The predicted molar refractivity (Wildman–Crippen MR) is 99.5 cm³/mol. The minimum absolute atomic E-state index is 0.251. The molecule has 3 heterocycles. The van der Waals surface area contributed by atoms with Crippen LogP contribution >= 0.6 is 0 Å². The fourth-order valence-corrected chi connectivity index (χ4v) is 4.72. The van der Waals surface area contributed by atoms with Crippen LogP contribution in [0, 0.1) is 0 Å². The van der Waals surface area contributed by atoms with Crippen LogP contribution in [-0.2, 0) is 17.8 Å². The average molecular weight is 340 g/mol. The van der Waals surface area contributed by atoms with Crippen LogP contribution in [0.4, 0.5) is 0 Å². The number of hydrogen-bond acceptors (Lipinski definition) is 3. The molecule has 1 aromatic carbocycles. The summed E-state index contributed by atoms with van der Waals surface area (Å²) in [6, 6.07) is 9.06. The van der Waals surface area contributed by atoms with Gasteiger partial charge in [0.25, 0.3) is 0 Å². The van der Waals surface area contributed by atoms with Gasteiger partial charge in [0, 0.05) is 25.0 Å². The van der Waals surface area contributed by atoms with Gasteiger partial charge in [0.1, 0.15) is 12.4 Å². The zero-order valence-electron chi connectivity index (χ0n) is 15.3. The molecule has 2 fully saturated rings. The Bertz CT molecular complexity index is 768. The number of likely N-dealkylation sites (tertiary alicyclic amines) is 2. The monoisotopic (exact) mass is 340 g/mol. The molecule has 0 radical (unpaired) electrons. The van der Waals surface area contributed by atoms with E-state index in [1.165, 1.54) is 12.8 Å². The lowest BCUT2D eigenvalue weighted by Gasteiger charge is -2.33. The van der Waals surface area contributed by atoms with Crippen molar-refractivity contribution < 1.29 is 4.79 Å². The first-order chi connectivity index (χ1) is 12.2. The van der Waals surface area contributed by atoms with Crippen LogP contribution < -0.4 is 0 Å². The van der Waals surface area contributed by atoms with E-state index in [1.54, 1.807) is 0 Å². The zero-order valence-corrected chi connectivity index (χ0v) is 15.3. The molecule has 0 saturated carbocycles. The van der Waals surface area contributed by atoms with Crippen molar-refractivity contribution in [1.29, 1.82) is 0 Å². The molecular weight excluding hydrogens is 312 g/mol. The summed E-state index contributed by atoms with van der Waals surface area (Å²) in [5, 5.41) is 0. The SMILES string of the molecule is CCc1nc2ccccc2n1CC(=O)N1CCCC1C1CCCN1C. The highest BCUT2D eigenvalue weighted by molar-refractivity contribution is 5.81. The normalized spacial score (nSPS) is 24.5. The van der Waals surface area contributed by atoms with Gasteiger partial charge in [-0.05, 0) is 51.4 Å². The van der Waals surface area contributed by atoms with Gasteiger partial charge in [0.05, 0.1) is 11.0 Å². The van der Waals surface area contributed by atoms with E-state index in [0.717, 1.165) is 49.2 Å². The van der Waals surface area contributed by atoms with E-state index in [-0.39, 0.29) is 5.91 Å². The number of hydrogen-bond donors (Lipinski definition) is 0. The first-order valence-corrected chi connectivity index (χ1v) is 9.63. The Morgan fingerprint density at radius 2 is 1.92 bits per heavy atom. The van der Waals surface area contributed by atoms with Gasteiger partial charge in [-0.1, -0.05) is 19.1 Å². The minimum atomic E-state index is 0.251. The summed E-state index contributed by atoms with van der Waals surface area (Å²) in [5.74, 6) is 1.25. The van der Waals surface area contributed by atoms with Crippen LogP contribution in [0.5, 0.6) is 0 Å². The molecule has 2 saturated heterocycles. The van der Waals surface area contributed by atoms with Gasteiger partial charge < -0.3 is 14.4 Å². The van der Waals surface area contributed by atoms with E-state index in [1.807, 2.05) is 18.2 Å². The molecule has 0 spiro atoms. The van der Waals surface area contributed by atoms with Gasteiger partial charge in [0.15, 0.2) is 0 Å². The first kappa shape index (κ1) is 16.6. The summed E-state index contributed by atoms with van der Waals surface area (Å²) in [4.78, 5) is 22.5. The highest BCUT2D eigenvalue weighted by Crippen LogP contribution is 2.29. The maximum Gasteiger partial charge on any atom is 0.242 e. The Morgan fingerprint density at radius 3 is 2.68 bits per heavy atom. The van der Waals surface area contributed by atoms with Gasteiger partial charge in [-0.2, -0.15) is 0 Å². The lowest BCUT2D eigenvalue weighted by atomic mass is 10.0. The van der Waals surface area contributed by atoms with Gasteiger partial charge in [-0.15, -0.1) is 0 Å². The number of amides is 1. The van der Waals surface area contributed by atoms with Gasteiger partial charge in [0.2, 0.25) is 5.91 Å². The van der Waals surface area contributed by atoms with E-state index in [2.05, 4.69) is 34.4 Å². The van der Waals surface area contributed by atoms with E-state index in [9.17, 15) is 4.79 Å². The Labute approximate surface area is 149 Å². The number of rotatable bonds is 4. The standard InChI is InChI=1S/C20H28N4O/c1-3-19-21-15-8-4-5-9-16(15)24(19)14-20(25)23-13-7-11-18(23)17-10-6-12-22(17)2/h4-5,8-9,17-18H,3,6-7,10-14H2,1-2H3. The number of carbonyl (C=O) groups is 1. The molecule has 1 amide bonds. The van der Waals surface area contributed by atoms with Crippen molar-refractivity contribution in [2.75, 3.05) is 20.1 Å². The number of benzene rings is 1. The molecule has 0 bridgehead atoms. The van der Waals surface area contributed by atoms with E-state index >= 15 is 0 Å². The smallest absolute Gasteiger partial charge is 0.242 e. The van der Waals surface area contributed by atoms with Crippen molar-refractivity contribution >= 4 is 16.9 Å². The van der Waals surface area contributed by atoms with Crippen molar-refractivity contribution in [3.8, 4) is 0 Å². The van der Waals surface area contributed by atoms with Gasteiger partial charge >= 0.3 is 0 Å². The Morgan fingerprint density at radius 1 is 1.16 bits per heavy atom. The largest absolute Gasteiger partial charge is 0.337 e. The third-order valence-corrected chi connectivity index (χ3v) is 5.98. The second-order valence-corrected chi connectivity index (χ2v) is 7.44. The molecule has 25 heavy (non-hydrogen) atoms. The minimum Gasteiger partial charge on any atom is -0.337 e. The highest BCUT2D eigenvalue weighted by Gasteiger charge is 2.38. The highest BCUT2D eigenvalue weighted by atomic mass is 16.2. The third-order valence-electron chi connectivity index (χ3n) is 5.98. The van der Waals surface area contributed by atoms with Crippen molar-refractivity contribution in [3.05, 3.63) is 30.1 Å². The summed E-state index contributed by atoms with van der Waals surface area (Å²) in [6.45, 7) is 4.59. The summed E-state index contributed by atoms with van der Waals surface area (Å²) in [7, 11) is 2.21. The average Bonchev–Trinajstić information content (AvgIpc) is 3.33. The van der Waals surface area contributed by atoms with E-state index in [0.29, 0.717) is 18.6 Å². The first-order valence-electron chi connectivity index (χ1n) is 9.63. The molecule has 0 N–H and O–H groups in total. The molecular formula is C20H28N4O. The second-order valence-electron chi connectivity index (χ2n) is 7.44. The molecule has 2 atom stereocenters. The number of carbonyl (C=O) groups excluding carboxylic acids is 1. The van der Waals surface area contributed by atoms with Gasteiger partial charge in [-0.25, -0.2) is 4.98 Å². The van der Waals surface area contributed by atoms with Crippen molar-refractivity contribution in [3.63, 3.8) is 0 Å². The van der Waals surface area contributed by atoms with Crippen molar-refractivity contribution in [2.45, 2.75) is 57.7 Å². The quantitative estimate of drug-likeness (QED) is 0.859. The van der Waals surface area contributed by atoms with E-state index < -0.39 is 0 Å². The second kappa shape index (κ2) is 6.79. The number of para-hydroxylation sites is 2. The molecule has 5 nitrogen and oxygen atoms in total. The molecule has 134 valence electrons. The summed E-state index contributed by atoms with van der Waals surface area (Å²) in [6.07, 6.45) is 5.60. The van der Waals surface area contributed by atoms with Crippen LogP contribution in [0.3, 0.4) is 0 Å². The molecule has 2 aliphatic rings. The number of likely N-dealkylation sites (N-methyl/N-ethyl adjacent to an activating group) is 1. The van der Waals surface area contributed by atoms with Gasteiger partial charge in [-0.3, -0.25) is 4.79 Å². The molecule has 1 aromatic heterocycles. The van der Waals surface area contributed by atoms with Crippen LogP contribution in [-0.4, -0.2) is 57.5 Å². The van der Waals surface area contributed by atoms with Crippen LogP contribution in [0.1, 0.15) is 38.4 Å². The maximum absolute atomic E-state index is 13.2. The topological polar surface area (TPSA) is 41.4 Å². The van der Waals surface area contributed by atoms with Crippen LogP contribution in [0.2, 0.25) is 0 Å².